The van der Waals surface area contributed by atoms with E-state index in [9.17, 15) is 4.79 Å². The third kappa shape index (κ3) is 17.8. The van der Waals surface area contributed by atoms with Gasteiger partial charge in [0.2, 0.25) is 0 Å². The molecule has 1 aromatic rings. The molecule has 0 fully saturated rings. The molecule has 0 atom stereocenters. The van der Waals surface area contributed by atoms with Crippen LogP contribution in [0, 0.1) is 0 Å². The second-order valence-corrected chi connectivity index (χ2v) is 11.2. The normalized spacial score (nSPS) is 11.4. The number of nitrogens with zero attached hydrogens (tertiary/aromatic N) is 3. The Morgan fingerprint density at radius 2 is 1.18 bits per heavy atom. The Balaban J connectivity index is 0. The van der Waals surface area contributed by atoms with Gasteiger partial charge in [-0.1, -0.05) is 50.7 Å². The van der Waals surface area contributed by atoms with Gasteiger partial charge in [0, 0.05) is 19.7 Å². The molecule has 0 aromatic heterocycles. The summed E-state index contributed by atoms with van der Waals surface area (Å²) in [5.41, 5.74) is 1.09. The van der Waals surface area contributed by atoms with E-state index in [0.717, 1.165) is 27.6 Å². The first-order chi connectivity index (χ1) is 15.0. The van der Waals surface area contributed by atoms with Crippen LogP contribution in [-0.4, -0.2) is 82.4 Å². The summed E-state index contributed by atoms with van der Waals surface area (Å²) in [6, 6.07) is 7.90. The summed E-state index contributed by atoms with van der Waals surface area (Å²) in [4.78, 5) is 13.4. The molecule has 0 aliphatic rings. The molecule has 1 amide bonds. The maximum absolute atomic E-state index is 11.9. The van der Waals surface area contributed by atoms with Gasteiger partial charge >= 0.3 is 6.09 Å². The van der Waals surface area contributed by atoms with Crippen LogP contribution < -0.4 is 38.7 Å². The van der Waals surface area contributed by atoms with Crippen LogP contribution in [0.2, 0.25) is 0 Å². The molecular weight excluding hydrogens is 558 g/mol. The van der Waals surface area contributed by atoms with Crippen molar-refractivity contribution in [2.75, 3.05) is 62.4 Å². The summed E-state index contributed by atoms with van der Waals surface area (Å²) in [6.45, 7) is 3.30. The van der Waals surface area contributed by atoms with Crippen molar-refractivity contribution in [3.8, 4) is 5.75 Å². The highest BCUT2D eigenvalue weighted by Crippen LogP contribution is 2.23. The van der Waals surface area contributed by atoms with Crippen molar-refractivity contribution in [2.45, 2.75) is 70.8 Å². The highest BCUT2D eigenvalue weighted by Gasteiger charge is 2.19. The summed E-state index contributed by atoms with van der Waals surface area (Å²) >= 11 is 0. The third-order valence-corrected chi connectivity index (χ3v) is 5.98. The first-order valence-corrected chi connectivity index (χ1v) is 12.6. The topological polar surface area (TPSA) is 29.5 Å². The smallest absolute Gasteiger partial charge is 0.414 e. The van der Waals surface area contributed by atoms with Crippen molar-refractivity contribution in [1.82, 2.24) is 4.90 Å². The highest BCUT2D eigenvalue weighted by molar-refractivity contribution is 5.70. The minimum absolute atomic E-state index is 0. The van der Waals surface area contributed by atoms with Gasteiger partial charge in [-0.25, -0.2) is 4.79 Å². The molecule has 200 valence electrons. The summed E-state index contributed by atoms with van der Waals surface area (Å²) in [6.07, 6.45) is 13.3. The summed E-state index contributed by atoms with van der Waals surface area (Å²) in [5.74, 6) is 0.676. The van der Waals surface area contributed by atoms with Crippen LogP contribution in [-0.2, 0) is 6.54 Å². The second-order valence-electron chi connectivity index (χ2n) is 11.2. The number of unbranched alkanes of at least 4 members (excludes halogenated alkanes) is 9. The lowest BCUT2D eigenvalue weighted by molar-refractivity contribution is -0.903. The number of halogens is 2. The largest absolute Gasteiger partial charge is 1.00 e. The lowest BCUT2D eigenvalue weighted by atomic mass is 10.1. The number of ether oxygens (including phenoxy) is 1. The van der Waals surface area contributed by atoms with Crippen LogP contribution in [0.25, 0.3) is 0 Å². The Hall–Kier alpha value is -0.630. The fourth-order valence-corrected chi connectivity index (χ4v) is 4.00. The van der Waals surface area contributed by atoms with E-state index in [4.69, 9.17) is 4.74 Å². The zero-order chi connectivity index (χ0) is 24.0. The van der Waals surface area contributed by atoms with Gasteiger partial charge in [0.25, 0.3) is 0 Å². The molecule has 0 radical (unpaired) electrons. The molecule has 0 saturated heterocycles. The number of quaternary nitrogens is 2. The minimum atomic E-state index is -0.327. The first kappa shape index (κ1) is 35.5. The number of hydrogen-bond donors (Lipinski definition) is 0. The summed E-state index contributed by atoms with van der Waals surface area (Å²) in [5, 5.41) is 0. The molecular formula is C27H51Br2N3O2. The van der Waals surface area contributed by atoms with Gasteiger partial charge in [-0.2, -0.15) is 0 Å². The first-order valence-electron chi connectivity index (χ1n) is 12.6. The van der Waals surface area contributed by atoms with E-state index in [-0.39, 0.29) is 40.1 Å². The molecule has 0 heterocycles. The van der Waals surface area contributed by atoms with Gasteiger partial charge in [-0.15, -0.1) is 0 Å². The fourth-order valence-electron chi connectivity index (χ4n) is 4.00. The van der Waals surface area contributed by atoms with Crippen molar-refractivity contribution in [2.24, 2.45) is 0 Å². The second kappa shape index (κ2) is 18.6. The van der Waals surface area contributed by atoms with E-state index >= 15 is 0 Å². The lowest BCUT2D eigenvalue weighted by Gasteiger charge is -2.30. The summed E-state index contributed by atoms with van der Waals surface area (Å²) < 4.78 is 7.55. The van der Waals surface area contributed by atoms with Crippen LogP contribution in [0.3, 0.4) is 0 Å². The van der Waals surface area contributed by atoms with E-state index in [2.05, 4.69) is 41.3 Å². The van der Waals surface area contributed by atoms with E-state index in [0.29, 0.717) is 5.75 Å². The van der Waals surface area contributed by atoms with Gasteiger partial charge < -0.3 is 52.6 Å². The van der Waals surface area contributed by atoms with Crippen LogP contribution >= 0.6 is 0 Å². The Kier molecular flexibility index (Phi) is 19.5. The molecule has 0 bridgehead atoms. The van der Waals surface area contributed by atoms with Crippen molar-refractivity contribution in [1.29, 1.82) is 0 Å². The number of para-hydroxylation sites is 1. The summed E-state index contributed by atoms with van der Waals surface area (Å²) in [7, 11) is 14.8. The van der Waals surface area contributed by atoms with Gasteiger partial charge in [0.05, 0.1) is 48.3 Å². The Morgan fingerprint density at radius 3 is 1.65 bits per heavy atom. The lowest BCUT2D eigenvalue weighted by Crippen LogP contribution is -3.00. The molecule has 0 unspecified atom stereocenters. The van der Waals surface area contributed by atoms with Crippen molar-refractivity contribution >= 4 is 6.09 Å². The average molecular weight is 610 g/mol. The zero-order valence-corrected chi connectivity index (χ0v) is 26.1. The van der Waals surface area contributed by atoms with Crippen LogP contribution in [0.5, 0.6) is 5.75 Å². The molecule has 0 aliphatic carbocycles. The maximum Gasteiger partial charge on any atom is 0.414 e. The van der Waals surface area contributed by atoms with Crippen LogP contribution in [0.15, 0.2) is 24.3 Å². The van der Waals surface area contributed by atoms with E-state index < -0.39 is 0 Å². The van der Waals surface area contributed by atoms with E-state index in [1.807, 2.05) is 18.2 Å². The minimum Gasteiger partial charge on any atom is -1.00 e. The zero-order valence-electron chi connectivity index (χ0n) is 22.9. The molecule has 0 N–H and O–H groups in total. The number of amides is 1. The number of carbonyl (C=O) groups is 1. The van der Waals surface area contributed by atoms with Gasteiger partial charge in [-0.05, 0) is 37.8 Å². The average Bonchev–Trinajstić information content (AvgIpc) is 2.69. The molecule has 1 rings (SSSR count). The Labute approximate surface area is 231 Å². The number of rotatable bonds is 16. The highest BCUT2D eigenvalue weighted by atomic mass is 79.9. The number of carbonyl (C=O) groups excluding carboxylic acids is 1. The van der Waals surface area contributed by atoms with Crippen molar-refractivity contribution < 1.29 is 52.5 Å². The monoisotopic (exact) mass is 607 g/mol. The molecule has 7 heteroatoms. The molecule has 0 saturated carbocycles. The van der Waals surface area contributed by atoms with Crippen LogP contribution in [0.4, 0.5) is 4.79 Å². The van der Waals surface area contributed by atoms with Gasteiger partial charge in [0.1, 0.15) is 12.3 Å². The van der Waals surface area contributed by atoms with Crippen LogP contribution in [0.1, 0.15) is 69.8 Å². The van der Waals surface area contributed by atoms with Crippen molar-refractivity contribution in [3.05, 3.63) is 29.8 Å². The van der Waals surface area contributed by atoms with Gasteiger partial charge in [-0.3, -0.25) is 0 Å². The number of hydrogen-bond acceptors (Lipinski definition) is 2. The standard InChI is InChI=1S/C27H51N3O2.2BrH/c1-28(2)27(31)32-26-21-17-16-20-25(26)24-30(6,7)23-19-15-13-11-9-8-10-12-14-18-22-29(3,4)5;;/h16-17,20-21H,8-15,18-19,22-24H2,1-7H3;2*1H/q+2;;/p-2. The molecule has 0 aliphatic heterocycles. The molecule has 5 nitrogen and oxygen atoms in total. The maximum atomic E-state index is 11.9. The quantitative estimate of drug-likeness (QED) is 0.194. The SMILES string of the molecule is CN(C)C(=O)Oc1ccccc1C[N+](C)(C)CCCCCCCCCCCC[N+](C)(C)C.[Br-].[Br-]. The van der Waals surface area contributed by atoms with E-state index in [1.54, 1.807) is 14.1 Å². The van der Waals surface area contributed by atoms with Gasteiger partial charge in [0.15, 0.2) is 0 Å². The predicted octanol–water partition coefficient (Wildman–Crippen LogP) is -0.0614. The van der Waals surface area contributed by atoms with Crippen molar-refractivity contribution in [3.63, 3.8) is 0 Å². The molecule has 34 heavy (non-hydrogen) atoms. The van der Waals surface area contributed by atoms with E-state index in [1.165, 1.54) is 75.7 Å². The fraction of sp³-hybridized carbons (Fsp3) is 0.741. The molecule has 1 aromatic carbocycles. The molecule has 0 spiro atoms. The Morgan fingerprint density at radius 1 is 0.735 bits per heavy atom. The predicted molar refractivity (Wildman–Crippen MR) is 136 cm³/mol. The third-order valence-electron chi connectivity index (χ3n) is 5.98. The Bertz CT molecular complexity index is 662. The number of benzene rings is 1.